The Balaban J connectivity index is -0.000000403. The van der Waals surface area contributed by atoms with Gasteiger partial charge in [-0.2, -0.15) is 0 Å². The third-order valence-corrected chi connectivity index (χ3v) is 1.92. The lowest BCUT2D eigenvalue weighted by atomic mass is 10.5. The molecule has 9 heteroatoms. The highest BCUT2D eigenvalue weighted by Crippen LogP contribution is 1.96. The number of pyridine rings is 1. The van der Waals surface area contributed by atoms with Crippen LogP contribution in [0, 0.1) is 0 Å². The lowest BCUT2D eigenvalue weighted by molar-refractivity contribution is 0.462. The van der Waals surface area contributed by atoms with Gasteiger partial charge in [0.05, 0.1) is 0 Å². The van der Waals surface area contributed by atoms with Gasteiger partial charge in [-0.05, 0) is 0 Å². The van der Waals surface area contributed by atoms with Crippen LogP contribution in [-0.2, 0) is 15.6 Å². The molecule has 0 amide bonds. The summed E-state index contributed by atoms with van der Waals surface area (Å²) in [5.74, 6) is 0. The first-order chi connectivity index (χ1) is 5.02. The summed E-state index contributed by atoms with van der Waals surface area (Å²) in [6.45, 7) is 0. The molecule has 0 saturated carbocycles. The predicted octanol–water partition coefficient (Wildman–Crippen LogP) is -3.29. The first-order valence-corrected chi connectivity index (χ1v) is 4.05. The van der Waals surface area contributed by atoms with Crippen LogP contribution in [0.1, 0.15) is 0 Å². The van der Waals surface area contributed by atoms with Crippen LogP contribution in [0.5, 0.6) is 0 Å². The second-order valence-electron chi connectivity index (χ2n) is 1.83. The van der Waals surface area contributed by atoms with Crippen molar-refractivity contribution in [3.63, 3.8) is 0 Å². The second-order valence-corrected chi connectivity index (χ2v) is 3.18. The molecule has 1 aromatic heterocycles. The van der Waals surface area contributed by atoms with Gasteiger partial charge in [0.25, 0.3) is 0 Å². The van der Waals surface area contributed by atoms with E-state index in [2.05, 4.69) is 4.98 Å². The normalized spacial score (nSPS) is 8.93. The summed E-state index contributed by atoms with van der Waals surface area (Å²) in [5, 5.41) is 0. The Kier molecular flexibility index (Phi) is 8.24. The molecule has 14 heavy (non-hydrogen) atoms. The minimum absolute atomic E-state index is 0. The lowest BCUT2D eigenvalue weighted by Gasteiger charge is -2.03. The van der Waals surface area contributed by atoms with Crippen molar-refractivity contribution in [1.29, 1.82) is 0 Å². The van der Waals surface area contributed by atoms with Crippen LogP contribution in [0.2, 0.25) is 0 Å². The van der Waals surface area contributed by atoms with Gasteiger partial charge in [-0.3, -0.25) is 4.79 Å². The number of hydrogen-bond acceptors (Lipinski definition) is 4. The SMILES string of the molecule is O.O.O=c1cc[nH]cc1S(=O)(=O)[O-].[OH3+]. The first kappa shape index (κ1) is 18.5. The minimum atomic E-state index is -4.63. The molecule has 1 rings (SSSR count). The first-order valence-electron chi connectivity index (χ1n) is 2.65. The maximum Gasteiger partial charge on any atom is 0.199 e. The highest BCUT2D eigenvalue weighted by atomic mass is 32.2. The van der Waals surface area contributed by atoms with Gasteiger partial charge in [-0.25, -0.2) is 8.42 Å². The van der Waals surface area contributed by atoms with Crippen molar-refractivity contribution in [2.24, 2.45) is 0 Å². The summed E-state index contributed by atoms with van der Waals surface area (Å²) in [6.07, 6.45) is 2.11. The largest absolute Gasteiger partial charge is 0.744 e. The Labute approximate surface area is 78.9 Å². The zero-order valence-electron chi connectivity index (χ0n) is 6.85. The standard InChI is InChI=1S/C5H5NO4S.3H2O/c7-4-1-2-6-3-5(4)11(8,9)10;;;/h1-3H,(H,6,7)(H,8,9,10);3*1H2. The zero-order valence-corrected chi connectivity index (χ0v) is 7.67. The van der Waals surface area contributed by atoms with Gasteiger partial charge >= 0.3 is 0 Å². The highest BCUT2D eigenvalue weighted by Gasteiger charge is 2.03. The van der Waals surface area contributed by atoms with Crippen LogP contribution in [-0.4, -0.2) is 28.9 Å². The molecule has 0 atom stereocenters. The molecule has 0 spiro atoms. The van der Waals surface area contributed by atoms with Gasteiger partial charge in [-0.15, -0.1) is 0 Å². The van der Waals surface area contributed by atoms with E-state index in [0.717, 1.165) is 12.3 Å². The van der Waals surface area contributed by atoms with Crippen molar-refractivity contribution < 1.29 is 29.4 Å². The minimum Gasteiger partial charge on any atom is -0.744 e. The van der Waals surface area contributed by atoms with Crippen molar-refractivity contribution in [3.05, 3.63) is 28.7 Å². The molecule has 8 nitrogen and oxygen atoms in total. The van der Waals surface area contributed by atoms with Gasteiger partial charge in [0.2, 0.25) is 0 Å². The number of aromatic amines is 1. The van der Waals surface area contributed by atoms with Crippen molar-refractivity contribution in [2.75, 3.05) is 0 Å². The molecule has 0 fully saturated rings. The van der Waals surface area contributed by atoms with Crippen LogP contribution in [0.3, 0.4) is 0 Å². The van der Waals surface area contributed by atoms with E-state index in [0.29, 0.717) is 0 Å². The number of aromatic nitrogens is 1. The lowest BCUT2D eigenvalue weighted by Crippen LogP contribution is -2.13. The zero-order chi connectivity index (χ0) is 8.48. The summed E-state index contributed by atoms with van der Waals surface area (Å²) in [4.78, 5) is 12.2. The van der Waals surface area contributed by atoms with E-state index in [4.69, 9.17) is 0 Å². The molecular formula is C5H11NO7S. The number of H-pyrrole nitrogens is 1. The van der Waals surface area contributed by atoms with E-state index in [-0.39, 0.29) is 16.4 Å². The van der Waals surface area contributed by atoms with Gasteiger partial charge in [0.15, 0.2) is 5.43 Å². The van der Waals surface area contributed by atoms with Gasteiger partial charge in [0, 0.05) is 18.5 Å². The Morgan fingerprint density at radius 3 is 2.07 bits per heavy atom. The van der Waals surface area contributed by atoms with Crippen LogP contribution in [0.25, 0.3) is 0 Å². The van der Waals surface area contributed by atoms with Crippen molar-refractivity contribution >= 4 is 10.1 Å². The number of rotatable bonds is 1. The Morgan fingerprint density at radius 2 is 1.79 bits per heavy atom. The van der Waals surface area contributed by atoms with Gasteiger partial charge in [0.1, 0.15) is 15.0 Å². The van der Waals surface area contributed by atoms with Crippen LogP contribution in [0.4, 0.5) is 0 Å². The third kappa shape index (κ3) is 4.11. The van der Waals surface area contributed by atoms with Crippen molar-refractivity contribution in [1.82, 2.24) is 4.98 Å². The summed E-state index contributed by atoms with van der Waals surface area (Å²) in [6, 6.07) is 0.977. The van der Waals surface area contributed by atoms with E-state index in [1.54, 1.807) is 0 Å². The molecule has 0 saturated heterocycles. The fourth-order valence-corrected chi connectivity index (χ4v) is 1.12. The van der Waals surface area contributed by atoms with Crippen LogP contribution in [0.15, 0.2) is 28.2 Å². The Morgan fingerprint density at radius 1 is 1.29 bits per heavy atom. The predicted molar refractivity (Wildman–Crippen MR) is 47.1 cm³/mol. The van der Waals surface area contributed by atoms with E-state index in [9.17, 15) is 17.8 Å². The highest BCUT2D eigenvalue weighted by molar-refractivity contribution is 7.85. The summed E-state index contributed by atoms with van der Waals surface area (Å²) in [7, 11) is -4.63. The number of hydrogen-bond donors (Lipinski definition) is 1. The molecule has 8 N–H and O–H groups in total. The molecule has 84 valence electrons. The quantitative estimate of drug-likeness (QED) is 0.390. The monoisotopic (exact) mass is 229 g/mol. The third-order valence-electron chi connectivity index (χ3n) is 1.06. The number of nitrogens with one attached hydrogen (secondary N) is 1. The summed E-state index contributed by atoms with van der Waals surface area (Å²) >= 11 is 0. The second kappa shape index (κ2) is 6.23. The summed E-state index contributed by atoms with van der Waals surface area (Å²) < 4.78 is 30.8. The molecule has 0 radical (unpaired) electrons. The molecule has 0 aliphatic heterocycles. The molecule has 1 heterocycles. The molecule has 0 unspecified atom stereocenters. The molecular weight excluding hydrogens is 218 g/mol. The van der Waals surface area contributed by atoms with E-state index in [1.807, 2.05) is 0 Å². The maximum absolute atomic E-state index is 10.7. The molecule has 1 aromatic rings. The molecule has 0 aliphatic rings. The van der Waals surface area contributed by atoms with Crippen molar-refractivity contribution in [2.45, 2.75) is 4.90 Å². The maximum atomic E-state index is 10.7. The van der Waals surface area contributed by atoms with Gasteiger partial charge < -0.3 is 26.0 Å². The van der Waals surface area contributed by atoms with E-state index in [1.165, 1.54) is 6.20 Å². The molecule has 0 aromatic carbocycles. The van der Waals surface area contributed by atoms with Gasteiger partial charge in [-0.1, -0.05) is 0 Å². The summed E-state index contributed by atoms with van der Waals surface area (Å²) in [5.41, 5.74) is -0.793. The fourth-order valence-electron chi connectivity index (χ4n) is 0.596. The smallest absolute Gasteiger partial charge is 0.199 e. The molecule has 0 aliphatic carbocycles. The van der Waals surface area contributed by atoms with Crippen LogP contribution >= 0.6 is 0 Å². The Hall–Kier alpha value is -1.26. The van der Waals surface area contributed by atoms with E-state index < -0.39 is 20.4 Å². The van der Waals surface area contributed by atoms with Crippen molar-refractivity contribution in [3.8, 4) is 0 Å². The molecule has 0 bridgehead atoms. The topological polar surface area (TPSA) is 186 Å². The van der Waals surface area contributed by atoms with E-state index >= 15 is 0 Å². The average Bonchev–Trinajstić information content (AvgIpc) is 1.86. The Bertz CT molecular complexity index is 408. The average molecular weight is 229 g/mol. The van der Waals surface area contributed by atoms with Crippen LogP contribution < -0.4 is 5.43 Å². The fraction of sp³-hybridized carbons (Fsp3) is 0.